The second-order valence-electron chi connectivity index (χ2n) is 3.29. The van der Waals surface area contributed by atoms with E-state index in [9.17, 15) is 0 Å². The number of fused-ring (bicyclic) bond motifs is 1. The van der Waals surface area contributed by atoms with Crippen LogP contribution in [0.5, 0.6) is 0 Å². The smallest absolute Gasteiger partial charge is 0.127 e. The minimum Gasteiger partial charge on any atom is -0.383 e. The summed E-state index contributed by atoms with van der Waals surface area (Å²) in [5, 5.41) is 2.03. The van der Waals surface area contributed by atoms with E-state index in [2.05, 4.69) is 16.9 Å². The van der Waals surface area contributed by atoms with Crippen LogP contribution in [-0.4, -0.2) is 17.4 Å². The fraction of sp³-hybridized carbons (Fsp3) is 0.273. The highest BCUT2D eigenvalue weighted by Crippen LogP contribution is 2.19. The Labute approximate surface area is 92.7 Å². The van der Waals surface area contributed by atoms with E-state index in [1.807, 2.05) is 17.5 Å². The predicted molar refractivity (Wildman–Crippen MR) is 65.5 cm³/mol. The standard InChI is InChI=1S/C11H13N3S/c1-2-4-13-11(12)8-6-10-9(14-7-8)3-5-15-10/h3,5-7H,2,4H2,1H3,(H2,12,13). The van der Waals surface area contributed by atoms with Gasteiger partial charge in [0.15, 0.2) is 0 Å². The second kappa shape index (κ2) is 4.40. The zero-order valence-corrected chi connectivity index (χ0v) is 9.42. The molecule has 2 N–H and O–H groups in total. The van der Waals surface area contributed by atoms with Gasteiger partial charge in [-0.2, -0.15) is 0 Å². The van der Waals surface area contributed by atoms with E-state index in [0.717, 1.165) is 28.7 Å². The average Bonchev–Trinajstić information content (AvgIpc) is 2.72. The third-order valence-corrected chi connectivity index (χ3v) is 2.96. The largest absolute Gasteiger partial charge is 0.383 e. The number of aliphatic imine (C=N–C) groups is 1. The number of rotatable bonds is 3. The summed E-state index contributed by atoms with van der Waals surface area (Å²) in [6.45, 7) is 2.85. The second-order valence-corrected chi connectivity index (χ2v) is 4.24. The molecule has 3 nitrogen and oxygen atoms in total. The fourth-order valence-corrected chi connectivity index (χ4v) is 2.09. The van der Waals surface area contributed by atoms with Crippen LogP contribution in [0, 0.1) is 0 Å². The Hall–Kier alpha value is -1.42. The van der Waals surface area contributed by atoms with Gasteiger partial charge in [-0.1, -0.05) is 6.92 Å². The molecular formula is C11H13N3S. The summed E-state index contributed by atoms with van der Waals surface area (Å²) in [5.41, 5.74) is 7.79. The molecule has 0 fully saturated rings. The van der Waals surface area contributed by atoms with Gasteiger partial charge in [-0.05, 0) is 23.9 Å². The summed E-state index contributed by atoms with van der Waals surface area (Å²) in [5.74, 6) is 0.583. The van der Waals surface area contributed by atoms with Crippen molar-refractivity contribution in [2.45, 2.75) is 13.3 Å². The van der Waals surface area contributed by atoms with E-state index >= 15 is 0 Å². The molecule has 0 bridgehead atoms. The van der Waals surface area contributed by atoms with Gasteiger partial charge in [0.2, 0.25) is 0 Å². The Bertz CT molecular complexity index is 487. The molecule has 2 aromatic rings. The van der Waals surface area contributed by atoms with Gasteiger partial charge in [0.05, 0.1) is 10.2 Å². The number of nitrogens with two attached hydrogens (primary N) is 1. The molecule has 0 unspecified atom stereocenters. The minimum atomic E-state index is 0.583. The quantitative estimate of drug-likeness (QED) is 0.636. The molecule has 0 aliphatic rings. The number of hydrogen-bond donors (Lipinski definition) is 1. The summed E-state index contributed by atoms with van der Waals surface area (Å²) >= 11 is 1.67. The van der Waals surface area contributed by atoms with Crippen molar-refractivity contribution in [2.24, 2.45) is 10.7 Å². The lowest BCUT2D eigenvalue weighted by molar-refractivity contribution is 0.930. The topological polar surface area (TPSA) is 51.3 Å². The van der Waals surface area contributed by atoms with E-state index in [1.165, 1.54) is 0 Å². The predicted octanol–water partition coefficient (Wildman–Crippen LogP) is 2.41. The highest BCUT2D eigenvalue weighted by atomic mass is 32.1. The molecule has 0 atom stereocenters. The summed E-state index contributed by atoms with van der Waals surface area (Å²) in [7, 11) is 0. The maximum Gasteiger partial charge on any atom is 0.127 e. The van der Waals surface area contributed by atoms with Crippen LogP contribution in [0.15, 0.2) is 28.7 Å². The molecule has 15 heavy (non-hydrogen) atoms. The molecule has 0 aliphatic carbocycles. The van der Waals surface area contributed by atoms with Crippen molar-refractivity contribution in [3.05, 3.63) is 29.3 Å². The Balaban J connectivity index is 2.35. The molecule has 0 radical (unpaired) electrons. The molecule has 0 saturated heterocycles. The van der Waals surface area contributed by atoms with Crippen molar-refractivity contribution in [1.82, 2.24) is 4.98 Å². The third-order valence-electron chi connectivity index (χ3n) is 2.10. The van der Waals surface area contributed by atoms with Gasteiger partial charge in [-0.3, -0.25) is 9.98 Å². The minimum absolute atomic E-state index is 0.583. The molecule has 0 aliphatic heterocycles. The van der Waals surface area contributed by atoms with Crippen LogP contribution in [0.4, 0.5) is 0 Å². The van der Waals surface area contributed by atoms with Crippen LogP contribution in [-0.2, 0) is 0 Å². The van der Waals surface area contributed by atoms with Crippen molar-refractivity contribution >= 4 is 27.4 Å². The van der Waals surface area contributed by atoms with Gasteiger partial charge in [-0.15, -0.1) is 11.3 Å². The van der Waals surface area contributed by atoms with E-state index in [4.69, 9.17) is 5.73 Å². The van der Waals surface area contributed by atoms with Crippen LogP contribution in [0.2, 0.25) is 0 Å². The van der Waals surface area contributed by atoms with Gasteiger partial charge in [0, 0.05) is 18.3 Å². The zero-order valence-electron chi connectivity index (χ0n) is 8.60. The van der Waals surface area contributed by atoms with Gasteiger partial charge >= 0.3 is 0 Å². The van der Waals surface area contributed by atoms with Crippen molar-refractivity contribution < 1.29 is 0 Å². The fourth-order valence-electron chi connectivity index (χ4n) is 1.31. The molecular weight excluding hydrogens is 206 g/mol. The monoisotopic (exact) mass is 219 g/mol. The van der Waals surface area contributed by atoms with E-state index in [1.54, 1.807) is 17.5 Å². The highest BCUT2D eigenvalue weighted by molar-refractivity contribution is 7.17. The normalized spacial score (nSPS) is 12.2. The van der Waals surface area contributed by atoms with Gasteiger partial charge in [0.1, 0.15) is 5.84 Å². The molecule has 2 rings (SSSR count). The molecule has 2 aromatic heterocycles. The number of thiophene rings is 1. The third kappa shape index (κ3) is 2.15. The van der Waals surface area contributed by atoms with Crippen molar-refractivity contribution in [3.8, 4) is 0 Å². The van der Waals surface area contributed by atoms with Crippen molar-refractivity contribution in [1.29, 1.82) is 0 Å². The lowest BCUT2D eigenvalue weighted by atomic mass is 10.2. The zero-order chi connectivity index (χ0) is 10.7. The molecule has 0 amide bonds. The lowest BCUT2D eigenvalue weighted by Crippen LogP contribution is -2.14. The number of amidine groups is 1. The van der Waals surface area contributed by atoms with E-state index in [0.29, 0.717) is 5.84 Å². The van der Waals surface area contributed by atoms with E-state index < -0.39 is 0 Å². The molecule has 2 heterocycles. The summed E-state index contributed by atoms with van der Waals surface area (Å²) in [4.78, 5) is 8.58. The Kier molecular flexibility index (Phi) is 2.97. The highest BCUT2D eigenvalue weighted by Gasteiger charge is 2.01. The summed E-state index contributed by atoms with van der Waals surface area (Å²) in [6, 6.07) is 4.05. The first-order valence-corrected chi connectivity index (χ1v) is 5.82. The first-order chi connectivity index (χ1) is 7.31. The van der Waals surface area contributed by atoms with Crippen LogP contribution in [0.3, 0.4) is 0 Å². The number of pyridine rings is 1. The Morgan fingerprint density at radius 1 is 1.60 bits per heavy atom. The molecule has 0 aromatic carbocycles. The molecule has 0 spiro atoms. The summed E-state index contributed by atoms with van der Waals surface area (Å²) in [6.07, 6.45) is 2.79. The van der Waals surface area contributed by atoms with Gasteiger partial charge < -0.3 is 5.73 Å². The number of nitrogens with zero attached hydrogens (tertiary/aromatic N) is 2. The Morgan fingerprint density at radius 2 is 2.47 bits per heavy atom. The first kappa shape index (κ1) is 10.1. The van der Waals surface area contributed by atoms with Crippen LogP contribution < -0.4 is 5.73 Å². The molecule has 0 saturated carbocycles. The van der Waals surface area contributed by atoms with Gasteiger partial charge in [-0.25, -0.2) is 0 Å². The Morgan fingerprint density at radius 3 is 3.27 bits per heavy atom. The first-order valence-electron chi connectivity index (χ1n) is 4.95. The van der Waals surface area contributed by atoms with Gasteiger partial charge in [0.25, 0.3) is 0 Å². The maximum atomic E-state index is 5.86. The molecule has 78 valence electrons. The van der Waals surface area contributed by atoms with Crippen LogP contribution >= 0.6 is 11.3 Å². The summed E-state index contributed by atoms with van der Waals surface area (Å²) < 4.78 is 1.15. The van der Waals surface area contributed by atoms with Crippen molar-refractivity contribution in [2.75, 3.05) is 6.54 Å². The van der Waals surface area contributed by atoms with Crippen molar-refractivity contribution in [3.63, 3.8) is 0 Å². The lowest BCUT2D eigenvalue weighted by Gasteiger charge is -2.00. The van der Waals surface area contributed by atoms with Crippen LogP contribution in [0.1, 0.15) is 18.9 Å². The van der Waals surface area contributed by atoms with E-state index in [-0.39, 0.29) is 0 Å². The average molecular weight is 219 g/mol. The number of hydrogen-bond acceptors (Lipinski definition) is 3. The number of aromatic nitrogens is 1. The molecule has 4 heteroatoms. The maximum absolute atomic E-state index is 5.86. The van der Waals surface area contributed by atoms with Crippen LogP contribution in [0.25, 0.3) is 10.2 Å². The SMILES string of the molecule is CCCN=C(N)c1cnc2ccsc2c1.